The molecule has 0 unspecified atom stereocenters. The van der Waals surface area contributed by atoms with Crippen LogP contribution in [-0.4, -0.2) is 60.3 Å². The first-order valence-electron chi connectivity index (χ1n) is 10.2. The summed E-state index contributed by atoms with van der Waals surface area (Å²) in [5.41, 5.74) is 2.38. The molecule has 2 N–H and O–H groups in total. The topological polar surface area (TPSA) is 82.1 Å². The third-order valence-corrected chi connectivity index (χ3v) is 5.92. The number of amides is 3. The van der Waals surface area contributed by atoms with Crippen molar-refractivity contribution in [3.05, 3.63) is 59.7 Å². The van der Waals surface area contributed by atoms with E-state index in [9.17, 15) is 14.7 Å². The van der Waals surface area contributed by atoms with Crippen LogP contribution in [0.4, 0.5) is 10.5 Å². The van der Waals surface area contributed by atoms with Gasteiger partial charge >= 0.3 is 6.03 Å². The smallest absolute Gasteiger partial charge is 0.318 e. The Morgan fingerprint density at radius 1 is 1.17 bits per heavy atom. The number of carbonyl (C=O) groups excluding carboxylic acids is 2. The molecule has 7 nitrogen and oxygen atoms in total. The number of aliphatic hydroxyl groups is 1. The van der Waals surface area contributed by atoms with Crippen molar-refractivity contribution in [1.82, 2.24) is 10.2 Å². The van der Waals surface area contributed by atoms with Crippen LogP contribution in [0.15, 0.2) is 48.5 Å². The Hall–Kier alpha value is -3.06. The Morgan fingerprint density at radius 2 is 1.87 bits per heavy atom. The molecule has 158 valence electrons. The van der Waals surface area contributed by atoms with E-state index >= 15 is 0 Å². The fourth-order valence-corrected chi connectivity index (χ4v) is 4.57. The minimum Gasteiger partial charge on any atom is -0.497 e. The fourth-order valence-electron chi connectivity index (χ4n) is 4.57. The van der Waals surface area contributed by atoms with Crippen molar-refractivity contribution in [1.29, 1.82) is 0 Å². The molecule has 2 aliphatic rings. The number of carbonyl (C=O) groups is 2. The summed E-state index contributed by atoms with van der Waals surface area (Å²) >= 11 is 0. The number of para-hydroxylation sites is 1. The SMILES string of the molecule is COc1ccc(C(=O)N2C[C@@H]3[C@H](c4ccccc42)[C@H](CO)N3C(=O)NC(C)C)cc1. The van der Waals surface area contributed by atoms with Crippen molar-refractivity contribution >= 4 is 17.6 Å². The molecule has 1 fully saturated rings. The number of nitrogens with one attached hydrogen (secondary N) is 1. The van der Waals surface area contributed by atoms with Gasteiger partial charge < -0.3 is 25.0 Å². The second-order valence-electron chi connectivity index (χ2n) is 8.06. The van der Waals surface area contributed by atoms with E-state index < -0.39 is 0 Å². The van der Waals surface area contributed by atoms with Crippen LogP contribution in [0.25, 0.3) is 0 Å². The van der Waals surface area contributed by atoms with Crippen LogP contribution >= 0.6 is 0 Å². The molecule has 2 aliphatic heterocycles. The molecule has 0 spiro atoms. The van der Waals surface area contributed by atoms with Crippen LogP contribution in [0.5, 0.6) is 5.75 Å². The Labute approximate surface area is 176 Å². The van der Waals surface area contributed by atoms with Crippen LogP contribution in [-0.2, 0) is 0 Å². The van der Waals surface area contributed by atoms with E-state index in [-0.39, 0.29) is 42.6 Å². The Bertz CT molecular complexity index is 944. The van der Waals surface area contributed by atoms with Gasteiger partial charge in [0.05, 0.1) is 25.8 Å². The Kier molecular flexibility index (Phi) is 5.39. The number of methoxy groups -OCH3 is 1. The highest BCUT2D eigenvalue weighted by molar-refractivity contribution is 6.07. The average Bonchev–Trinajstić information content (AvgIpc) is 2.73. The molecule has 0 aromatic heterocycles. The molecule has 2 heterocycles. The van der Waals surface area contributed by atoms with E-state index in [1.165, 1.54) is 0 Å². The number of anilines is 1. The molecule has 1 saturated heterocycles. The van der Waals surface area contributed by atoms with Crippen LogP contribution in [0.1, 0.15) is 35.7 Å². The molecule has 3 atom stereocenters. The summed E-state index contributed by atoms with van der Waals surface area (Å²) in [7, 11) is 1.59. The number of hydrogen-bond donors (Lipinski definition) is 2. The van der Waals surface area contributed by atoms with Gasteiger partial charge in [0, 0.05) is 29.8 Å². The first-order valence-corrected chi connectivity index (χ1v) is 10.2. The third kappa shape index (κ3) is 3.29. The molecule has 3 amide bonds. The van der Waals surface area contributed by atoms with Gasteiger partial charge in [-0.1, -0.05) is 18.2 Å². The van der Waals surface area contributed by atoms with E-state index in [0.29, 0.717) is 17.9 Å². The first-order chi connectivity index (χ1) is 14.5. The molecule has 0 bridgehead atoms. The van der Waals surface area contributed by atoms with Gasteiger partial charge in [0.25, 0.3) is 5.91 Å². The highest BCUT2D eigenvalue weighted by atomic mass is 16.5. The summed E-state index contributed by atoms with van der Waals surface area (Å²) in [5.74, 6) is 0.566. The molecule has 2 aromatic carbocycles. The summed E-state index contributed by atoms with van der Waals surface area (Å²) in [5, 5.41) is 12.9. The maximum Gasteiger partial charge on any atom is 0.318 e. The lowest BCUT2D eigenvalue weighted by molar-refractivity contribution is -0.00815. The zero-order valence-electron chi connectivity index (χ0n) is 17.4. The van der Waals surface area contributed by atoms with Crippen LogP contribution in [0.3, 0.4) is 0 Å². The molecule has 30 heavy (non-hydrogen) atoms. The number of fused-ring (bicyclic) bond motifs is 3. The van der Waals surface area contributed by atoms with Crippen LogP contribution < -0.4 is 15.0 Å². The first kappa shape index (κ1) is 20.2. The number of nitrogens with zero attached hydrogens (tertiary/aromatic N) is 2. The molecule has 0 radical (unpaired) electrons. The molecule has 7 heteroatoms. The van der Waals surface area contributed by atoms with Crippen LogP contribution in [0, 0.1) is 0 Å². The van der Waals surface area contributed by atoms with Gasteiger partial charge in [-0.2, -0.15) is 0 Å². The zero-order valence-corrected chi connectivity index (χ0v) is 17.4. The van der Waals surface area contributed by atoms with E-state index in [0.717, 1.165) is 11.3 Å². The number of hydrogen-bond acceptors (Lipinski definition) is 4. The predicted molar refractivity (Wildman–Crippen MR) is 114 cm³/mol. The molecular formula is C23H27N3O4. The van der Waals surface area contributed by atoms with Crippen molar-refractivity contribution in [3.8, 4) is 5.75 Å². The highest BCUT2D eigenvalue weighted by Gasteiger charge is 2.55. The van der Waals surface area contributed by atoms with Gasteiger partial charge in [-0.05, 0) is 49.7 Å². The largest absolute Gasteiger partial charge is 0.497 e. The lowest BCUT2D eigenvalue weighted by Gasteiger charge is -2.58. The summed E-state index contributed by atoms with van der Waals surface area (Å²) < 4.78 is 5.19. The summed E-state index contributed by atoms with van der Waals surface area (Å²) in [6.45, 7) is 4.07. The van der Waals surface area contributed by atoms with Gasteiger partial charge in [0.15, 0.2) is 0 Å². The van der Waals surface area contributed by atoms with E-state index in [1.807, 2.05) is 38.1 Å². The van der Waals surface area contributed by atoms with E-state index in [2.05, 4.69) is 5.32 Å². The Morgan fingerprint density at radius 3 is 2.50 bits per heavy atom. The van der Waals surface area contributed by atoms with Gasteiger partial charge in [-0.3, -0.25) is 4.79 Å². The summed E-state index contributed by atoms with van der Waals surface area (Å²) in [4.78, 5) is 29.6. The quantitative estimate of drug-likeness (QED) is 0.813. The number of urea groups is 1. The number of ether oxygens (including phenoxy) is 1. The van der Waals surface area contributed by atoms with Crippen molar-refractivity contribution in [3.63, 3.8) is 0 Å². The average molecular weight is 409 g/mol. The maximum atomic E-state index is 13.4. The highest BCUT2D eigenvalue weighted by Crippen LogP contribution is 2.48. The number of aliphatic hydroxyl groups excluding tert-OH is 1. The molecule has 4 rings (SSSR count). The molecule has 0 saturated carbocycles. The molecule has 0 aliphatic carbocycles. The van der Waals surface area contributed by atoms with Crippen LogP contribution in [0.2, 0.25) is 0 Å². The monoisotopic (exact) mass is 409 g/mol. The lowest BCUT2D eigenvalue weighted by atomic mass is 9.72. The zero-order chi connectivity index (χ0) is 21.4. The number of benzene rings is 2. The lowest BCUT2D eigenvalue weighted by Crippen LogP contribution is -2.72. The second-order valence-corrected chi connectivity index (χ2v) is 8.06. The number of rotatable bonds is 4. The van der Waals surface area contributed by atoms with Crippen molar-refractivity contribution in [2.24, 2.45) is 0 Å². The summed E-state index contributed by atoms with van der Waals surface area (Å²) in [6, 6.07) is 14.1. The van der Waals surface area contributed by atoms with E-state index in [1.54, 1.807) is 41.2 Å². The van der Waals surface area contributed by atoms with Gasteiger partial charge in [0.2, 0.25) is 0 Å². The predicted octanol–water partition coefficient (Wildman–Crippen LogP) is 2.60. The van der Waals surface area contributed by atoms with Crippen molar-refractivity contribution in [2.75, 3.05) is 25.2 Å². The van der Waals surface area contributed by atoms with E-state index in [4.69, 9.17) is 4.74 Å². The number of likely N-dealkylation sites (tertiary alicyclic amines) is 1. The van der Waals surface area contributed by atoms with Crippen molar-refractivity contribution in [2.45, 2.75) is 37.9 Å². The normalized spacial score (nSPS) is 22.1. The van der Waals surface area contributed by atoms with Gasteiger partial charge in [0.1, 0.15) is 5.75 Å². The second kappa shape index (κ2) is 7.99. The standard InChI is InChI=1S/C23H27N3O4/c1-14(2)24-23(29)26-19-12-25(22(28)15-8-10-16(30-3)11-9-15)18-7-5-4-6-17(18)21(19)20(26)13-27/h4-11,14,19-21,27H,12-13H2,1-3H3,(H,24,29)/t19-,20+,21+/m1/s1. The van der Waals surface area contributed by atoms with Gasteiger partial charge in [-0.25, -0.2) is 4.79 Å². The van der Waals surface area contributed by atoms with Gasteiger partial charge in [-0.15, -0.1) is 0 Å². The van der Waals surface area contributed by atoms with Crippen molar-refractivity contribution < 1.29 is 19.4 Å². The Balaban J connectivity index is 1.68. The third-order valence-electron chi connectivity index (χ3n) is 5.92. The maximum absolute atomic E-state index is 13.4. The molecular weight excluding hydrogens is 382 g/mol. The molecule has 2 aromatic rings. The minimum absolute atomic E-state index is 0.00373. The minimum atomic E-state index is -0.298. The summed E-state index contributed by atoms with van der Waals surface area (Å²) in [6.07, 6.45) is 0. The fraction of sp³-hybridized carbons (Fsp3) is 0.391.